The van der Waals surface area contributed by atoms with Crippen LogP contribution in [0.3, 0.4) is 0 Å². The van der Waals surface area contributed by atoms with Gasteiger partial charge in [-0.25, -0.2) is 0 Å². The molecule has 26 heavy (non-hydrogen) atoms. The first-order chi connectivity index (χ1) is 12.6. The molecule has 0 aromatic heterocycles. The molecule has 0 aliphatic carbocycles. The van der Waals surface area contributed by atoms with Crippen LogP contribution in [0, 0.1) is 0 Å². The zero-order chi connectivity index (χ0) is 18.5. The predicted molar refractivity (Wildman–Crippen MR) is 103 cm³/mol. The molecule has 2 aromatic carbocycles. The van der Waals surface area contributed by atoms with Crippen LogP contribution in [0.15, 0.2) is 42.5 Å². The fourth-order valence-corrected chi connectivity index (χ4v) is 3.51. The fourth-order valence-electron chi connectivity index (χ4n) is 3.38. The van der Waals surface area contributed by atoms with Crippen molar-refractivity contribution in [2.75, 3.05) is 32.6 Å². The SMILES string of the molecule is COc1ccc(C2CCCN2CC(=O)Nc2ccc(Cl)cc2)c(OC)c1. The summed E-state index contributed by atoms with van der Waals surface area (Å²) in [6, 6.07) is 13.1. The highest BCUT2D eigenvalue weighted by Crippen LogP contribution is 2.38. The lowest BCUT2D eigenvalue weighted by Crippen LogP contribution is -2.33. The Morgan fingerprint density at radius 1 is 1.19 bits per heavy atom. The normalized spacial score (nSPS) is 17.1. The number of rotatable bonds is 6. The number of carbonyl (C=O) groups excluding carboxylic acids is 1. The number of amides is 1. The lowest BCUT2D eigenvalue weighted by Gasteiger charge is -2.25. The monoisotopic (exact) mass is 374 g/mol. The number of anilines is 1. The number of methoxy groups -OCH3 is 2. The number of halogens is 1. The summed E-state index contributed by atoms with van der Waals surface area (Å²) in [5.41, 5.74) is 1.84. The highest BCUT2D eigenvalue weighted by atomic mass is 35.5. The number of likely N-dealkylation sites (tertiary alicyclic amines) is 1. The van der Waals surface area contributed by atoms with Crippen LogP contribution in [0.25, 0.3) is 0 Å². The zero-order valence-corrected chi connectivity index (χ0v) is 15.8. The zero-order valence-electron chi connectivity index (χ0n) is 15.0. The van der Waals surface area contributed by atoms with Crippen molar-refractivity contribution in [2.24, 2.45) is 0 Å². The van der Waals surface area contributed by atoms with Gasteiger partial charge in [-0.3, -0.25) is 9.69 Å². The maximum absolute atomic E-state index is 12.4. The van der Waals surface area contributed by atoms with Crippen LogP contribution in [0.1, 0.15) is 24.4 Å². The van der Waals surface area contributed by atoms with Crippen molar-refractivity contribution in [1.29, 1.82) is 0 Å². The van der Waals surface area contributed by atoms with E-state index in [4.69, 9.17) is 21.1 Å². The van der Waals surface area contributed by atoms with Gasteiger partial charge in [0.25, 0.3) is 0 Å². The van der Waals surface area contributed by atoms with Crippen LogP contribution in [-0.2, 0) is 4.79 Å². The third-order valence-electron chi connectivity index (χ3n) is 4.64. The Kier molecular flexibility index (Phi) is 6.01. The van der Waals surface area contributed by atoms with Crippen LogP contribution >= 0.6 is 11.6 Å². The molecule has 5 nitrogen and oxygen atoms in total. The molecule has 1 heterocycles. The molecule has 1 amide bonds. The van der Waals surface area contributed by atoms with Gasteiger partial charge in [0.15, 0.2) is 0 Å². The fraction of sp³-hybridized carbons (Fsp3) is 0.350. The van der Waals surface area contributed by atoms with Crippen LogP contribution in [0.5, 0.6) is 11.5 Å². The standard InChI is InChI=1S/C20H23ClN2O3/c1-25-16-9-10-17(19(12-16)26-2)18-4-3-11-23(18)13-20(24)22-15-7-5-14(21)6-8-15/h5-10,12,18H,3-4,11,13H2,1-2H3,(H,22,24). The minimum absolute atomic E-state index is 0.0355. The summed E-state index contributed by atoms with van der Waals surface area (Å²) in [7, 11) is 3.29. The van der Waals surface area contributed by atoms with E-state index >= 15 is 0 Å². The molecule has 1 aliphatic rings. The van der Waals surface area contributed by atoms with Crippen molar-refractivity contribution < 1.29 is 14.3 Å². The predicted octanol–water partition coefficient (Wildman–Crippen LogP) is 4.13. The molecule has 0 saturated carbocycles. The molecule has 0 radical (unpaired) electrons. The molecule has 138 valence electrons. The van der Waals surface area contributed by atoms with Crippen LogP contribution in [0.2, 0.25) is 5.02 Å². The molecule has 2 aromatic rings. The Labute approximate surface area is 158 Å². The highest BCUT2D eigenvalue weighted by Gasteiger charge is 2.29. The van der Waals surface area contributed by atoms with E-state index in [1.54, 1.807) is 38.5 Å². The second kappa shape index (κ2) is 8.43. The summed E-state index contributed by atoms with van der Waals surface area (Å²) in [6.07, 6.45) is 2.05. The van der Waals surface area contributed by atoms with Gasteiger partial charge in [0.1, 0.15) is 11.5 Å². The van der Waals surface area contributed by atoms with Crippen LogP contribution in [-0.4, -0.2) is 38.1 Å². The lowest BCUT2D eigenvalue weighted by molar-refractivity contribution is -0.117. The maximum Gasteiger partial charge on any atom is 0.238 e. The van der Waals surface area contributed by atoms with Gasteiger partial charge in [-0.1, -0.05) is 17.7 Å². The number of hydrogen-bond donors (Lipinski definition) is 1. The Hall–Kier alpha value is -2.24. The number of benzene rings is 2. The first kappa shape index (κ1) is 18.5. The van der Waals surface area contributed by atoms with Crippen molar-refractivity contribution in [1.82, 2.24) is 4.90 Å². The summed E-state index contributed by atoms with van der Waals surface area (Å²) in [6.45, 7) is 1.22. The average Bonchev–Trinajstić information content (AvgIpc) is 3.10. The van der Waals surface area contributed by atoms with Gasteiger partial charge in [-0.05, 0) is 49.7 Å². The number of nitrogens with zero attached hydrogens (tertiary/aromatic N) is 1. The van der Waals surface area contributed by atoms with E-state index in [0.29, 0.717) is 11.6 Å². The quantitative estimate of drug-likeness (QED) is 0.825. The van der Waals surface area contributed by atoms with Crippen molar-refractivity contribution >= 4 is 23.2 Å². The van der Waals surface area contributed by atoms with Crippen molar-refractivity contribution in [2.45, 2.75) is 18.9 Å². The maximum atomic E-state index is 12.4. The smallest absolute Gasteiger partial charge is 0.238 e. The van der Waals surface area contributed by atoms with Gasteiger partial charge in [-0.2, -0.15) is 0 Å². The molecular formula is C20H23ClN2O3. The molecule has 1 fully saturated rings. The Bertz CT molecular complexity index is 764. The summed E-state index contributed by atoms with van der Waals surface area (Å²) in [5.74, 6) is 1.52. The van der Waals surface area contributed by atoms with E-state index < -0.39 is 0 Å². The molecule has 1 atom stereocenters. The summed E-state index contributed by atoms with van der Waals surface area (Å²) in [4.78, 5) is 14.6. The molecule has 1 saturated heterocycles. The first-order valence-electron chi connectivity index (χ1n) is 8.62. The average molecular weight is 375 g/mol. The molecule has 0 spiro atoms. The molecule has 1 aliphatic heterocycles. The first-order valence-corrected chi connectivity index (χ1v) is 9.00. The molecular weight excluding hydrogens is 352 g/mol. The van der Waals surface area contributed by atoms with Gasteiger partial charge in [0.2, 0.25) is 5.91 Å². The Morgan fingerprint density at radius 2 is 1.96 bits per heavy atom. The van der Waals surface area contributed by atoms with E-state index in [-0.39, 0.29) is 11.9 Å². The molecule has 3 rings (SSSR count). The second-order valence-electron chi connectivity index (χ2n) is 6.29. The van der Waals surface area contributed by atoms with Gasteiger partial charge in [-0.15, -0.1) is 0 Å². The molecule has 0 bridgehead atoms. The minimum atomic E-state index is -0.0355. The Morgan fingerprint density at radius 3 is 2.65 bits per heavy atom. The van der Waals surface area contributed by atoms with E-state index in [2.05, 4.69) is 10.2 Å². The molecule has 1 unspecified atom stereocenters. The molecule has 6 heteroatoms. The highest BCUT2D eigenvalue weighted by molar-refractivity contribution is 6.30. The van der Waals surface area contributed by atoms with Crippen molar-refractivity contribution in [3.8, 4) is 11.5 Å². The lowest BCUT2D eigenvalue weighted by atomic mass is 10.0. The second-order valence-corrected chi connectivity index (χ2v) is 6.73. The number of ether oxygens (including phenoxy) is 2. The Balaban J connectivity index is 1.70. The summed E-state index contributed by atoms with van der Waals surface area (Å²) >= 11 is 5.88. The van der Waals surface area contributed by atoms with Gasteiger partial charge in [0.05, 0.1) is 20.8 Å². The van der Waals surface area contributed by atoms with Gasteiger partial charge >= 0.3 is 0 Å². The van der Waals surface area contributed by atoms with Crippen LogP contribution in [0.4, 0.5) is 5.69 Å². The third kappa shape index (κ3) is 4.29. The van der Waals surface area contributed by atoms with Gasteiger partial charge in [0, 0.05) is 28.4 Å². The summed E-state index contributed by atoms with van der Waals surface area (Å²) < 4.78 is 10.8. The van der Waals surface area contributed by atoms with Crippen molar-refractivity contribution in [3.05, 3.63) is 53.1 Å². The number of nitrogens with one attached hydrogen (secondary N) is 1. The minimum Gasteiger partial charge on any atom is -0.497 e. The van der Waals surface area contributed by atoms with E-state index in [1.165, 1.54) is 0 Å². The third-order valence-corrected chi connectivity index (χ3v) is 4.89. The van der Waals surface area contributed by atoms with Gasteiger partial charge < -0.3 is 14.8 Å². The largest absolute Gasteiger partial charge is 0.497 e. The van der Waals surface area contributed by atoms with E-state index in [9.17, 15) is 4.79 Å². The van der Waals surface area contributed by atoms with Crippen LogP contribution < -0.4 is 14.8 Å². The summed E-state index contributed by atoms with van der Waals surface area (Å²) in [5, 5.41) is 3.57. The molecule has 1 N–H and O–H groups in total. The van der Waals surface area contributed by atoms with E-state index in [0.717, 1.165) is 42.1 Å². The topological polar surface area (TPSA) is 50.8 Å². The number of hydrogen-bond acceptors (Lipinski definition) is 4. The van der Waals surface area contributed by atoms with Crippen molar-refractivity contribution in [3.63, 3.8) is 0 Å². The number of carbonyl (C=O) groups is 1. The van der Waals surface area contributed by atoms with E-state index in [1.807, 2.05) is 18.2 Å².